The molecular formula is C19H41N5O2. The summed E-state index contributed by atoms with van der Waals surface area (Å²) in [6.07, 6.45) is 10.9. The first-order valence-corrected chi connectivity index (χ1v) is 9.90. The minimum absolute atomic E-state index is 0.111. The smallest absolute Gasteiger partial charge is 0.233 e. The predicted molar refractivity (Wildman–Crippen MR) is 107 cm³/mol. The highest BCUT2D eigenvalue weighted by molar-refractivity contribution is 5.75. The average molecular weight is 372 g/mol. The third-order valence-electron chi connectivity index (χ3n) is 4.66. The molecule has 0 bridgehead atoms. The maximum atomic E-state index is 10.8. The molecule has 7 heteroatoms. The number of amides is 2. The fourth-order valence-corrected chi connectivity index (χ4v) is 3.44. The lowest BCUT2D eigenvalue weighted by Gasteiger charge is -2.42. The normalized spacial score (nSPS) is 17.6. The van der Waals surface area contributed by atoms with Crippen LogP contribution in [0.1, 0.15) is 98.3 Å². The summed E-state index contributed by atoms with van der Waals surface area (Å²) in [7, 11) is 0. The highest BCUT2D eigenvalue weighted by Gasteiger charge is 2.31. The van der Waals surface area contributed by atoms with Gasteiger partial charge in [0.1, 0.15) is 0 Å². The largest absolute Gasteiger partial charge is 0.307 e. The Labute approximate surface area is 159 Å². The van der Waals surface area contributed by atoms with Crippen molar-refractivity contribution in [2.75, 3.05) is 0 Å². The van der Waals surface area contributed by atoms with E-state index in [0.717, 1.165) is 38.5 Å². The van der Waals surface area contributed by atoms with Crippen molar-refractivity contribution in [1.29, 1.82) is 0 Å². The van der Waals surface area contributed by atoms with E-state index in [1.165, 1.54) is 19.3 Å². The maximum Gasteiger partial charge on any atom is 0.233 e. The number of nitrogens with two attached hydrogens (primary N) is 2. The van der Waals surface area contributed by atoms with Gasteiger partial charge in [0.25, 0.3) is 0 Å². The molecule has 1 aliphatic heterocycles. The molecule has 0 aromatic rings. The molecule has 0 spiro atoms. The first-order chi connectivity index (χ1) is 12.1. The summed E-state index contributed by atoms with van der Waals surface area (Å²) >= 11 is 0. The first kappa shape index (κ1) is 24.8. The highest BCUT2D eigenvalue weighted by atomic mass is 16.2. The van der Waals surface area contributed by atoms with E-state index in [1.807, 2.05) is 0 Å². The van der Waals surface area contributed by atoms with Gasteiger partial charge in [-0.1, -0.05) is 25.7 Å². The quantitative estimate of drug-likeness (QED) is 0.184. The molecule has 1 fully saturated rings. The van der Waals surface area contributed by atoms with Crippen molar-refractivity contribution in [3.05, 3.63) is 0 Å². The lowest BCUT2D eigenvalue weighted by Crippen LogP contribution is -2.55. The van der Waals surface area contributed by atoms with Crippen LogP contribution in [-0.2, 0) is 9.59 Å². The Balaban J connectivity index is 0.000000531. The molecular weight excluding hydrogens is 330 g/mol. The average Bonchev–Trinajstić information content (AvgIpc) is 2.55. The number of nitrogens with one attached hydrogen (secondary N) is 3. The molecule has 2 amide bonds. The van der Waals surface area contributed by atoms with E-state index in [1.54, 1.807) is 0 Å². The molecule has 1 aliphatic rings. The van der Waals surface area contributed by atoms with Crippen LogP contribution in [0.15, 0.2) is 0 Å². The molecule has 0 unspecified atom stereocenters. The zero-order valence-corrected chi connectivity index (χ0v) is 17.2. The Kier molecular flexibility index (Phi) is 12.5. The lowest BCUT2D eigenvalue weighted by molar-refractivity contribution is -0.122. The first-order valence-electron chi connectivity index (χ1n) is 9.90. The van der Waals surface area contributed by atoms with E-state index < -0.39 is 0 Å². The van der Waals surface area contributed by atoms with Gasteiger partial charge in [0.05, 0.1) is 0 Å². The molecule has 1 rings (SSSR count). The number of hydrogen-bond donors (Lipinski definition) is 5. The van der Waals surface area contributed by atoms with Crippen molar-refractivity contribution in [2.24, 2.45) is 11.7 Å². The fourth-order valence-electron chi connectivity index (χ4n) is 3.44. The van der Waals surface area contributed by atoms with Gasteiger partial charge in [-0.2, -0.15) is 0 Å². The van der Waals surface area contributed by atoms with Gasteiger partial charge < -0.3 is 5.32 Å². The number of carbonyl (C=O) groups is 2. The third-order valence-corrected chi connectivity index (χ3v) is 4.66. The van der Waals surface area contributed by atoms with Crippen LogP contribution >= 0.6 is 0 Å². The van der Waals surface area contributed by atoms with Gasteiger partial charge in [0.15, 0.2) is 0 Å². The SMILES string of the molecule is CC1(C)CCCC(C)(C)N1.NNC(=O)CCCCCCCCC(=O)NN. The zero-order chi connectivity index (χ0) is 20.1. The van der Waals surface area contributed by atoms with Gasteiger partial charge in [-0.15, -0.1) is 0 Å². The monoisotopic (exact) mass is 371 g/mol. The molecule has 0 atom stereocenters. The van der Waals surface area contributed by atoms with Crippen molar-refractivity contribution in [3.63, 3.8) is 0 Å². The molecule has 0 aliphatic carbocycles. The summed E-state index contributed by atoms with van der Waals surface area (Å²) in [5.41, 5.74) is 4.93. The number of piperidine rings is 1. The van der Waals surface area contributed by atoms with Gasteiger partial charge >= 0.3 is 0 Å². The van der Waals surface area contributed by atoms with Crippen molar-refractivity contribution < 1.29 is 9.59 Å². The molecule has 26 heavy (non-hydrogen) atoms. The molecule has 154 valence electrons. The van der Waals surface area contributed by atoms with E-state index in [4.69, 9.17) is 11.7 Å². The van der Waals surface area contributed by atoms with Crippen LogP contribution in [0.2, 0.25) is 0 Å². The van der Waals surface area contributed by atoms with Crippen molar-refractivity contribution in [1.82, 2.24) is 16.2 Å². The molecule has 0 radical (unpaired) electrons. The summed E-state index contributed by atoms with van der Waals surface area (Å²) < 4.78 is 0. The van der Waals surface area contributed by atoms with Gasteiger partial charge in [-0.25, -0.2) is 11.7 Å². The Hall–Kier alpha value is -1.18. The molecule has 7 N–H and O–H groups in total. The van der Waals surface area contributed by atoms with E-state index in [2.05, 4.69) is 43.9 Å². The van der Waals surface area contributed by atoms with Gasteiger partial charge in [0.2, 0.25) is 11.8 Å². The van der Waals surface area contributed by atoms with Gasteiger partial charge in [0, 0.05) is 23.9 Å². The molecule has 1 saturated heterocycles. The second-order valence-electron chi connectivity index (χ2n) is 8.50. The van der Waals surface area contributed by atoms with E-state index in [-0.39, 0.29) is 11.8 Å². The van der Waals surface area contributed by atoms with Crippen molar-refractivity contribution >= 4 is 11.8 Å². The van der Waals surface area contributed by atoms with Crippen LogP contribution in [0.25, 0.3) is 0 Å². The summed E-state index contributed by atoms with van der Waals surface area (Å²) in [6.45, 7) is 9.14. The summed E-state index contributed by atoms with van der Waals surface area (Å²) in [5, 5.41) is 3.63. The Bertz CT molecular complexity index is 375. The second-order valence-corrected chi connectivity index (χ2v) is 8.50. The second kappa shape index (κ2) is 13.1. The lowest BCUT2D eigenvalue weighted by atomic mass is 9.83. The molecule has 0 saturated carbocycles. The summed E-state index contributed by atoms with van der Waals surface area (Å²) in [5.74, 6) is 9.67. The number of carbonyl (C=O) groups excluding carboxylic acids is 2. The van der Waals surface area contributed by atoms with E-state index in [0.29, 0.717) is 23.9 Å². The fraction of sp³-hybridized carbons (Fsp3) is 0.895. The standard InChI is InChI=1S/C10H22N4O2.C9H19N/c11-13-9(15)7-5-3-1-2-4-6-8-10(16)14-12;1-8(2)6-5-7-9(3,4)10-8/h1-8,11-12H2,(H,13,15)(H,14,16);10H,5-7H2,1-4H3. The predicted octanol–water partition coefficient (Wildman–Crippen LogP) is 2.40. The number of unbranched alkanes of at least 4 members (excludes halogenated alkanes) is 5. The van der Waals surface area contributed by atoms with Crippen molar-refractivity contribution in [2.45, 2.75) is 109 Å². The van der Waals surface area contributed by atoms with Crippen LogP contribution in [0.5, 0.6) is 0 Å². The summed E-state index contributed by atoms with van der Waals surface area (Å²) in [4.78, 5) is 21.5. The van der Waals surface area contributed by atoms with Gasteiger partial charge in [-0.05, 0) is 59.8 Å². The number of rotatable bonds is 9. The Morgan fingerprint density at radius 2 is 1.12 bits per heavy atom. The van der Waals surface area contributed by atoms with Crippen LogP contribution in [0.4, 0.5) is 0 Å². The van der Waals surface area contributed by atoms with Crippen molar-refractivity contribution in [3.8, 4) is 0 Å². The van der Waals surface area contributed by atoms with Gasteiger partial charge in [-0.3, -0.25) is 20.4 Å². The topological polar surface area (TPSA) is 122 Å². The molecule has 7 nitrogen and oxygen atoms in total. The Morgan fingerprint density at radius 1 is 0.769 bits per heavy atom. The number of hydrogen-bond acceptors (Lipinski definition) is 5. The molecule has 0 aromatic heterocycles. The maximum absolute atomic E-state index is 10.8. The minimum Gasteiger partial charge on any atom is -0.307 e. The summed E-state index contributed by atoms with van der Waals surface area (Å²) in [6, 6.07) is 0. The van der Waals surface area contributed by atoms with Crippen LogP contribution in [0.3, 0.4) is 0 Å². The van der Waals surface area contributed by atoms with E-state index in [9.17, 15) is 9.59 Å². The third kappa shape index (κ3) is 14.0. The van der Waals surface area contributed by atoms with Crippen LogP contribution < -0.4 is 27.9 Å². The Morgan fingerprint density at radius 3 is 1.38 bits per heavy atom. The highest BCUT2D eigenvalue weighted by Crippen LogP contribution is 2.27. The minimum atomic E-state index is -0.111. The van der Waals surface area contributed by atoms with E-state index >= 15 is 0 Å². The molecule has 0 aromatic carbocycles. The van der Waals surface area contributed by atoms with Crippen LogP contribution in [-0.4, -0.2) is 22.9 Å². The number of hydrazine groups is 2. The zero-order valence-electron chi connectivity index (χ0n) is 17.2. The van der Waals surface area contributed by atoms with Crippen LogP contribution in [0, 0.1) is 0 Å². The molecule has 1 heterocycles.